The molecule has 1 saturated carbocycles. The van der Waals surface area contributed by atoms with Crippen molar-refractivity contribution < 1.29 is 9.53 Å². The Balaban J connectivity index is 1.84. The number of pyridine rings is 1. The molecule has 2 rings (SSSR count). The molecule has 1 fully saturated rings. The minimum Gasteiger partial charge on any atom is -0.446 e. The van der Waals surface area contributed by atoms with Gasteiger partial charge >= 0.3 is 6.09 Å². The van der Waals surface area contributed by atoms with Gasteiger partial charge in [-0.15, -0.1) is 0 Å². The Bertz CT molecular complexity index is 372. The minimum absolute atomic E-state index is 0.0679. The van der Waals surface area contributed by atoms with Crippen LogP contribution in [0.1, 0.15) is 31.2 Å². The predicted octanol–water partition coefficient (Wildman–Crippen LogP) is 2.03. The second-order valence-corrected chi connectivity index (χ2v) is 4.19. The van der Waals surface area contributed by atoms with Crippen LogP contribution in [-0.2, 0) is 11.3 Å². The van der Waals surface area contributed by atoms with E-state index in [0.29, 0.717) is 12.4 Å². The molecule has 5 heteroatoms. The van der Waals surface area contributed by atoms with Crippen LogP contribution in [0.4, 0.5) is 10.6 Å². The molecule has 0 atom stereocenters. The average Bonchev–Trinajstić information content (AvgIpc) is 2.82. The molecule has 1 aromatic rings. The molecule has 92 valence electrons. The van der Waals surface area contributed by atoms with Gasteiger partial charge in [0.1, 0.15) is 11.9 Å². The molecule has 0 aromatic carbocycles. The fraction of sp³-hybridized carbons (Fsp3) is 0.500. The SMILES string of the molecule is NCc1ccc(NC(=O)OC2CCCC2)nc1. The first-order chi connectivity index (χ1) is 8.28. The van der Waals surface area contributed by atoms with Crippen molar-refractivity contribution in [1.82, 2.24) is 4.98 Å². The van der Waals surface area contributed by atoms with Crippen LogP contribution in [0.15, 0.2) is 18.3 Å². The molecule has 0 unspecified atom stereocenters. The Kier molecular flexibility index (Phi) is 3.93. The van der Waals surface area contributed by atoms with Crippen LogP contribution < -0.4 is 11.1 Å². The maximum absolute atomic E-state index is 11.5. The van der Waals surface area contributed by atoms with Gasteiger partial charge in [-0.05, 0) is 37.3 Å². The summed E-state index contributed by atoms with van der Waals surface area (Å²) in [5.74, 6) is 0.491. The highest BCUT2D eigenvalue weighted by atomic mass is 16.6. The molecule has 0 aliphatic heterocycles. The van der Waals surface area contributed by atoms with Crippen LogP contribution in [0.25, 0.3) is 0 Å². The third kappa shape index (κ3) is 3.42. The van der Waals surface area contributed by atoms with Gasteiger partial charge in [-0.25, -0.2) is 9.78 Å². The van der Waals surface area contributed by atoms with E-state index in [1.807, 2.05) is 6.07 Å². The molecule has 1 aromatic heterocycles. The second-order valence-electron chi connectivity index (χ2n) is 4.19. The summed E-state index contributed by atoms with van der Waals surface area (Å²) in [6.45, 7) is 0.444. The smallest absolute Gasteiger partial charge is 0.413 e. The Hall–Kier alpha value is -1.62. The first-order valence-electron chi connectivity index (χ1n) is 5.90. The predicted molar refractivity (Wildman–Crippen MR) is 64.5 cm³/mol. The second kappa shape index (κ2) is 5.63. The summed E-state index contributed by atoms with van der Waals surface area (Å²) in [5.41, 5.74) is 6.39. The molecule has 1 aliphatic carbocycles. The Labute approximate surface area is 100 Å². The average molecular weight is 235 g/mol. The van der Waals surface area contributed by atoms with Crippen molar-refractivity contribution >= 4 is 11.9 Å². The number of carbonyl (C=O) groups excluding carboxylic acids is 1. The maximum Gasteiger partial charge on any atom is 0.413 e. The summed E-state index contributed by atoms with van der Waals surface area (Å²) in [6, 6.07) is 3.55. The van der Waals surface area contributed by atoms with E-state index in [2.05, 4.69) is 10.3 Å². The highest BCUT2D eigenvalue weighted by molar-refractivity contribution is 5.83. The molecular formula is C12H17N3O2. The number of amides is 1. The minimum atomic E-state index is -0.426. The number of nitrogens with zero attached hydrogens (tertiary/aromatic N) is 1. The lowest BCUT2D eigenvalue weighted by Gasteiger charge is -2.11. The van der Waals surface area contributed by atoms with Gasteiger partial charge in [0, 0.05) is 12.7 Å². The van der Waals surface area contributed by atoms with Crippen LogP contribution in [0, 0.1) is 0 Å². The maximum atomic E-state index is 11.5. The third-order valence-corrected chi connectivity index (χ3v) is 2.87. The molecule has 0 radical (unpaired) electrons. The monoisotopic (exact) mass is 235 g/mol. The summed E-state index contributed by atoms with van der Waals surface area (Å²) in [4.78, 5) is 15.6. The molecule has 1 aliphatic rings. The number of carbonyl (C=O) groups is 1. The van der Waals surface area contributed by atoms with Crippen molar-refractivity contribution in [3.05, 3.63) is 23.9 Å². The van der Waals surface area contributed by atoms with Gasteiger partial charge in [-0.3, -0.25) is 5.32 Å². The number of rotatable bonds is 3. The van der Waals surface area contributed by atoms with Crippen LogP contribution in [0.3, 0.4) is 0 Å². The summed E-state index contributed by atoms with van der Waals surface area (Å²) in [5, 5.41) is 2.61. The Morgan fingerprint density at radius 3 is 2.82 bits per heavy atom. The summed E-state index contributed by atoms with van der Waals surface area (Å²) in [7, 11) is 0. The van der Waals surface area contributed by atoms with Gasteiger partial charge < -0.3 is 10.5 Å². The number of anilines is 1. The lowest BCUT2D eigenvalue weighted by molar-refractivity contribution is 0.114. The molecule has 17 heavy (non-hydrogen) atoms. The fourth-order valence-corrected chi connectivity index (χ4v) is 1.91. The van der Waals surface area contributed by atoms with E-state index in [1.165, 1.54) is 0 Å². The molecule has 1 heterocycles. The zero-order chi connectivity index (χ0) is 12.1. The topological polar surface area (TPSA) is 77.2 Å². The van der Waals surface area contributed by atoms with Crippen LogP contribution in [0.2, 0.25) is 0 Å². The van der Waals surface area contributed by atoms with E-state index >= 15 is 0 Å². The molecule has 3 N–H and O–H groups in total. The lowest BCUT2D eigenvalue weighted by Crippen LogP contribution is -2.20. The fourth-order valence-electron chi connectivity index (χ4n) is 1.91. The van der Waals surface area contributed by atoms with Crippen LogP contribution in [0.5, 0.6) is 0 Å². The van der Waals surface area contributed by atoms with Gasteiger partial charge in [-0.1, -0.05) is 6.07 Å². The molecule has 5 nitrogen and oxygen atoms in total. The first-order valence-corrected chi connectivity index (χ1v) is 5.90. The van der Waals surface area contributed by atoms with Crippen molar-refractivity contribution in [2.24, 2.45) is 5.73 Å². The van der Waals surface area contributed by atoms with E-state index in [9.17, 15) is 4.79 Å². The standard InChI is InChI=1S/C12H17N3O2/c13-7-9-5-6-11(14-8-9)15-12(16)17-10-3-1-2-4-10/h5-6,8,10H,1-4,7,13H2,(H,14,15,16). The van der Waals surface area contributed by atoms with Crippen LogP contribution >= 0.6 is 0 Å². The molecule has 0 bridgehead atoms. The lowest BCUT2D eigenvalue weighted by atomic mass is 10.3. The van der Waals surface area contributed by atoms with Gasteiger partial charge in [-0.2, -0.15) is 0 Å². The third-order valence-electron chi connectivity index (χ3n) is 2.87. The van der Waals surface area contributed by atoms with Crippen molar-refractivity contribution in [1.29, 1.82) is 0 Å². The number of ether oxygens (including phenoxy) is 1. The normalized spacial score (nSPS) is 15.8. The van der Waals surface area contributed by atoms with Gasteiger partial charge in [0.15, 0.2) is 0 Å². The quantitative estimate of drug-likeness (QED) is 0.840. The number of hydrogen-bond acceptors (Lipinski definition) is 4. The van der Waals surface area contributed by atoms with E-state index in [4.69, 9.17) is 10.5 Å². The van der Waals surface area contributed by atoms with E-state index in [0.717, 1.165) is 31.2 Å². The molecule has 0 saturated heterocycles. The molecular weight excluding hydrogens is 218 g/mol. The van der Waals surface area contributed by atoms with E-state index < -0.39 is 6.09 Å². The zero-order valence-electron chi connectivity index (χ0n) is 9.69. The highest BCUT2D eigenvalue weighted by Gasteiger charge is 2.19. The number of aromatic nitrogens is 1. The van der Waals surface area contributed by atoms with Crippen molar-refractivity contribution in [3.63, 3.8) is 0 Å². The Morgan fingerprint density at radius 1 is 1.47 bits per heavy atom. The van der Waals surface area contributed by atoms with Gasteiger partial charge in [0.05, 0.1) is 0 Å². The van der Waals surface area contributed by atoms with Gasteiger partial charge in [0.2, 0.25) is 0 Å². The zero-order valence-corrected chi connectivity index (χ0v) is 9.69. The van der Waals surface area contributed by atoms with E-state index in [-0.39, 0.29) is 6.10 Å². The summed E-state index contributed by atoms with van der Waals surface area (Å²) in [6.07, 6.45) is 5.50. The first kappa shape index (κ1) is 11.9. The molecule has 0 spiro atoms. The van der Waals surface area contributed by atoms with Crippen LogP contribution in [-0.4, -0.2) is 17.2 Å². The number of nitrogens with one attached hydrogen (secondary N) is 1. The summed E-state index contributed by atoms with van der Waals surface area (Å²) < 4.78 is 5.26. The summed E-state index contributed by atoms with van der Waals surface area (Å²) >= 11 is 0. The highest BCUT2D eigenvalue weighted by Crippen LogP contribution is 2.21. The number of nitrogens with two attached hydrogens (primary N) is 1. The number of hydrogen-bond donors (Lipinski definition) is 2. The van der Waals surface area contributed by atoms with Crippen molar-refractivity contribution in [2.45, 2.75) is 38.3 Å². The van der Waals surface area contributed by atoms with Crippen molar-refractivity contribution in [2.75, 3.05) is 5.32 Å². The molecule has 1 amide bonds. The Morgan fingerprint density at radius 2 is 2.24 bits per heavy atom. The van der Waals surface area contributed by atoms with E-state index in [1.54, 1.807) is 12.3 Å². The van der Waals surface area contributed by atoms with Gasteiger partial charge in [0.25, 0.3) is 0 Å². The largest absolute Gasteiger partial charge is 0.446 e. The van der Waals surface area contributed by atoms with Crippen molar-refractivity contribution in [3.8, 4) is 0 Å².